The van der Waals surface area contributed by atoms with Gasteiger partial charge in [-0.3, -0.25) is 4.90 Å². The molecule has 120 valence electrons. The number of hydrogen-bond acceptors (Lipinski definition) is 2. The van der Waals surface area contributed by atoms with Crippen molar-refractivity contribution in [1.29, 1.82) is 0 Å². The summed E-state index contributed by atoms with van der Waals surface area (Å²) in [5.74, 6) is 0. The number of nitrogens with zero attached hydrogens (tertiary/aromatic N) is 1. The van der Waals surface area contributed by atoms with E-state index in [0.717, 1.165) is 12.1 Å². The number of nitrogens with one attached hydrogen (secondary N) is 1. The Morgan fingerprint density at radius 2 is 1.71 bits per heavy atom. The highest BCUT2D eigenvalue weighted by molar-refractivity contribution is 5.20. The third-order valence-corrected chi connectivity index (χ3v) is 3.64. The van der Waals surface area contributed by atoms with Crippen molar-refractivity contribution < 1.29 is 13.2 Å². The van der Waals surface area contributed by atoms with Gasteiger partial charge in [0.15, 0.2) is 0 Å². The topological polar surface area (TPSA) is 15.3 Å². The van der Waals surface area contributed by atoms with Crippen molar-refractivity contribution in [3.05, 3.63) is 35.9 Å². The fourth-order valence-corrected chi connectivity index (χ4v) is 2.75. The summed E-state index contributed by atoms with van der Waals surface area (Å²) in [6.45, 7) is 5.94. The smallest absolute Gasteiger partial charge is 0.309 e. The minimum atomic E-state index is -4.17. The lowest BCUT2D eigenvalue weighted by atomic mass is 9.95. The summed E-state index contributed by atoms with van der Waals surface area (Å²) in [5.41, 5.74) is 1.03. The highest BCUT2D eigenvalue weighted by Gasteiger charge is 2.35. The van der Waals surface area contributed by atoms with Gasteiger partial charge in [0.2, 0.25) is 0 Å². The summed E-state index contributed by atoms with van der Waals surface area (Å²) in [7, 11) is 0. The van der Waals surface area contributed by atoms with Crippen molar-refractivity contribution in [2.24, 2.45) is 0 Å². The Morgan fingerprint density at radius 3 is 2.14 bits per heavy atom. The number of alkyl halides is 3. The predicted octanol–water partition coefficient (Wildman–Crippen LogP) is 4.00. The molecular weight excluding hydrogens is 277 g/mol. The maximum atomic E-state index is 12.8. The van der Waals surface area contributed by atoms with E-state index in [-0.39, 0.29) is 12.1 Å². The molecule has 1 aromatic carbocycles. The molecule has 0 aromatic heterocycles. The molecular formula is C16H25F3N2. The molecule has 21 heavy (non-hydrogen) atoms. The Balaban J connectivity index is 3.00. The maximum Gasteiger partial charge on any atom is 0.401 e. The van der Waals surface area contributed by atoms with Gasteiger partial charge in [0, 0.05) is 12.1 Å². The molecule has 0 amide bonds. The maximum absolute atomic E-state index is 12.8. The molecule has 1 rings (SSSR count). The second-order valence-electron chi connectivity index (χ2n) is 5.10. The van der Waals surface area contributed by atoms with Crippen LogP contribution < -0.4 is 5.32 Å². The Labute approximate surface area is 125 Å². The Hall–Kier alpha value is -1.07. The molecule has 0 radical (unpaired) electrons. The highest BCUT2D eigenvalue weighted by atomic mass is 19.4. The summed E-state index contributed by atoms with van der Waals surface area (Å²) in [6, 6.07) is 9.43. The molecule has 0 aliphatic carbocycles. The van der Waals surface area contributed by atoms with Crippen molar-refractivity contribution in [1.82, 2.24) is 10.2 Å². The van der Waals surface area contributed by atoms with Crippen LogP contribution in [0.5, 0.6) is 0 Å². The van der Waals surface area contributed by atoms with E-state index in [4.69, 9.17) is 0 Å². The molecule has 0 saturated heterocycles. The van der Waals surface area contributed by atoms with E-state index in [0.29, 0.717) is 13.0 Å². The summed E-state index contributed by atoms with van der Waals surface area (Å²) < 4.78 is 38.3. The molecule has 2 unspecified atom stereocenters. The summed E-state index contributed by atoms with van der Waals surface area (Å²) in [5, 5.41) is 3.34. The van der Waals surface area contributed by atoms with Gasteiger partial charge in [0.05, 0.1) is 6.54 Å². The SMILES string of the molecule is CCNC(c1ccccc1)C(CC)N(CC)CC(F)(F)F. The molecule has 0 heterocycles. The third kappa shape index (κ3) is 5.67. The minimum absolute atomic E-state index is 0.0940. The van der Waals surface area contributed by atoms with Crippen LogP contribution in [-0.2, 0) is 0 Å². The van der Waals surface area contributed by atoms with E-state index < -0.39 is 12.7 Å². The van der Waals surface area contributed by atoms with Crippen LogP contribution in [0.4, 0.5) is 13.2 Å². The van der Waals surface area contributed by atoms with E-state index in [1.54, 1.807) is 6.92 Å². The van der Waals surface area contributed by atoms with Gasteiger partial charge in [-0.25, -0.2) is 0 Å². The van der Waals surface area contributed by atoms with E-state index in [9.17, 15) is 13.2 Å². The van der Waals surface area contributed by atoms with Crippen LogP contribution in [0.15, 0.2) is 30.3 Å². The summed E-state index contributed by atoms with van der Waals surface area (Å²) >= 11 is 0. The lowest BCUT2D eigenvalue weighted by Crippen LogP contribution is -2.48. The standard InChI is InChI=1S/C16H25F3N2/c1-4-14(21(6-3)12-16(17,18)19)15(20-5-2)13-10-8-7-9-11-13/h7-11,14-15,20H,4-6,12H2,1-3H3. The highest BCUT2D eigenvalue weighted by Crippen LogP contribution is 2.26. The lowest BCUT2D eigenvalue weighted by molar-refractivity contribution is -0.152. The fourth-order valence-electron chi connectivity index (χ4n) is 2.75. The number of likely N-dealkylation sites (N-methyl/N-ethyl adjacent to an activating group) is 2. The van der Waals surface area contributed by atoms with Gasteiger partial charge in [-0.05, 0) is 25.1 Å². The van der Waals surface area contributed by atoms with Crippen LogP contribution in [-0.4, -0.2) is 36.8 Å². The quantitative estimate of drug-likeness (QED) is 0.781. The van der Waals surface area contributed by atoms with E-state index >= 15 is 0 Å². The molecule has 1 aromatic rings. The minimum Gasteiger partial charge on any atom is -0.309 e. The third-order valence-electron chi connectivity index (χ3n) is 3.64. The lowest BCUT2D eigenvalue weighted by Gasteiger charge is -2.37. The van der Waals surface area contributed by atoms with Gasteiger partial charge in [-0.15, -0.1) is 0 Å². The first kappa shape index (κ1) is 18.0. The molecule has 0 spiro atoms. The molecule has 0 aliphatic heterocycles. The molecule has 2 atom stereocenters. The van der Waals surface area contributed by atoms with Crippen LogP contribution >= 0.6 is 0 Å². The number of halogens is 3. The number of rotatable bonds is 8. The Bertz CT molecular complexity index is 392. The predicted molar refractivity (Wildman–Crippen MR) is 80.2 cm³/mol. The van der Waals surface area contributed by atoms with E-state index in [1.807, 2.05) is 44.2 Å². The molecule has 5 heteroatoms. The molecule has 1 N–H and O–H groups in total. The zero-order valence-electron chi connectivity index (χ0n) is 13.0. The van der Waals surface area contributed by atoms with Gasteiger partial charge in [-0.2, -0.15) is 13.2 Å². The summed E-state index contributed by atoms with van der Waals surface area (Å²) in [6.07, 6.45) is -3.51. The first-order chi connectivity index (χ1) is 9.92. The van der Waals surface area contributed by atoms with Gasteiger partial charge >= 0.3 is 6.18 Å². The van der Waals surface area contributed by atoms with Crippen LogP contribution in [0.1, 0.15) is 38.8 Å². The average molecular weight is 302 g/mol. The van der Waals surface area contributed by atoms with Gasteiger partial charge in [-0.1, -0.05) is 51.1 Å². The first-order valence-corrected chi connectivity index (χ1v) is 7.52. The van der Waals surface area contributed by atoms with Crippen LogP contribution in [0.3, 0.4) is 0 Å². The number of benzene rings is 1. The summed E-state index contributed by atoms with van der Waals surface area (Å²) in [4.78, 5) is 1.51. The molecule has 0 bridgehead atoms. The van der Waals surface area contributed by atoms with E-state index in [2.05, 4.69) is 5.32 Å². The average Bonchev–Trinajstić information content (AvgIpc) is 2.45. The second-order valence-corrected chi connectivity index (χ2v) is 5.10. The fraction of sp³-hybridized carbons (Fsp3) is 0.625. The molecule has 0 saturated carbocycles. The van der Waals surface area contributed by atoms with Crippen LogP contribution in [0.2, 0.25) is 0 Å². The van der Waals surface area contributed by atoms with Gasteiger partial charge < -0.3 is 5.32 Å². The second kappa shape index (κ2) is 8.39. The molecule has 0 aliphatic rings. The van der Waals surface area contributed by atoms with Crippen molar-refractivity contribution in [3.63, 3.8) is 0 Å². The Kier molecular flexibility index (Phi) is 7.18. The van der Waals surface area contributed by atoms with Gasteiger partial charge in [0.1, 0.15) is 0 Å². The van der Waals surface area contributed by atoms with E-state index in [1.165, 1.54) is 4.90 Å². The monoisotopic (exact) mass is 302 g/mol. The van der Waals surface area contributed by atoms with Crippen LogP contribution in [0.25, 0.3) is 0 Å². The Morgan fingerprint density at radius 1 is 1.10 bits per heavy atom. The molecule has 2 nitrogen and oxygen atoms in total. The van der Waals surface area contributed by atoms with Crippen molar-refractivity contribution in [2.75, 3.05) is 19.6 Å². The molecule has 0 fully saturated rings. The normalized spacial score (nSPS) is 15.2. The zero-order valence-corrected chi connectivity index (χ0v) is 13.0. The van der Waals surface area contributed by atoms with Gasteiger partial charge in [0.25, 0.3) is 0 Å². The number of hydrogen-bond donors (Lipinski definition) is 1. The largest absolute Gasteiger partial charge is 0.401 e. The van der Waals surface area contributed by atoms with Crippen molar-refractivity contribution in [3.8, 4) is 0 Å². The zero-order chi connectivity index (χ0) is 15.9. The van der Waals surface area contributed by atoms with Crippen molar-refractivity contribution in [2.45, 2.75) is 45.5 Å². The van der Waals surface area contributed by atoms with Crippen molar-refractivity contribution >= 4 is 0 Å². The van der Waals surface area contributed by atoms with Crippen LogP contribution in [0, 0.1) is 0 Å². The first-order valence-electron chi connectivity index (χ1n) is 7.52.